The van der Waals surface area contributed by atoms with Crippen LogP contribution in [0, 0.1) is 0 Å². The predicted molar refractivity (Wildman–Crippen MR) is 86.8 cm³/mol. The second-order valence-corrected chi connectivity index (χ2v) is 7.88. The molecule has 0 aromatic heterocycles. The summed E-state index contributed by atoms with van der Waals surface area (Å²) in [4.78, 5) is 0. The van der Waals surface area contributed by atoms with Crippen molar-refractivity contribution in [1.82, 2.24) is 0 Å². The van der Waals surface area contributed by atoms with Crippen molar-refractivity contribution in [2.24, 2.45) is 0 Å². The number of unbranched alkanes of at least 4 members (excludes halogenated alkanes) is 5. The normalized spacial score (nSPS) is 15.0. The average molecular weight is 369 g/mol. The Morgan fingerprint density at radius 1 is 0.826 bits per heavy atom. The van der Waals surface area contributed by atoms with E-state index in [9.17, 15) is 25.2 Å². The molecule has 23 heavy (non-hydrogen) atoms. The van der Waals surface area contributed by atoms with E-state index in [1.165, 1.54) is 44.9 Å². The molecule has 0 rings (SSSR count). The molecule has 0 saturated carbocycles. The van der Waals surface area contributed by atoms with E-state index in [0.717, 1.165) is 12.8 Å². The number of hydrogen-bond acceptors (Lipinski definition) is 0. The first-order chi connectivity index (χ1) is 10.1. The fraction of sp³-hybridized carbons (Fsp3) is 0.733. The van der Waals surface area contributed by atoms with E-state index in [4.69, 9.17) is 0 Å². The number of hydrogen-bond donors (Lipinski definition) is 1. The third-order valence-corrected chi connectivity index (χ3v) is 3.22. The fourth-order valence-corrected chi connectivity index (χ4v) is 2.18. The summed E-state index contributed by atoms with van der Waals surface area (Å²) in [5, 5.41) is 0. The van der Waals surface area contributed by atoms with Crippen LogP contribution in [0.3, 0.4) is 0 Å². The maximum atomic E-state index is 9.87. The summed E-state index contributed by atoms with van der Waals surface area (Å²) >= 11 is 0. The van der Waals surface area contributed by atoms with E-state index < -0.39 is 7.81 Å². The number of halogens is 6. The van der Waals surface area contributed by atoms with Gasteiger partial charge in [-0.15, -0.1) is 13.2 Å². The third kappa shape index (κ3) is 30.0. The first-order valence-electron chi connectivity index (χ1n) is 7.77. The molecule has 0 aliphatic rings. The van der Waals surface area contributed by atoms with E-state index >= 15 is 0 Å². The molecular weight excluding hydrogens is 339 g/mol. The van der Waals surface area contributed by atoms with Gasteiger partial charge in [-0.05, 0) is 6.42 Å². The fourth-order valence-electron chi connectivity index (χ4n) is 2.18. The Hall–Kier alpha value is -0.550. The van der Waals surface area contributed by atoms with Crippen LogP contribution in [0.2, 0.25) is 0 Å². The van der Waals surface area contributed by atoms with Crippen LogP contribution in [0.25, 0.3) is 0 Å². The van der Waals surface area contributed by atoms with E-state index in [1.54, 1.807) is 0 Å². The molecular formula is C15H30F6NP. The van der Waals surface area contributed by atoms with Gasteiger partial charge >= 0.3 is 33.0 Å². The first-order valence-corrected chi connectivity index (χ1v) is 9.80. The summed E-state index contributed by atoms with van der Waals surface area (Å²) in [7, 11) is -10.7. The van der Waals surface area contributed by atoms with Crippen LogP contribution in [0.1, 0.15) is 64.7 Å². The topological polar surface area (TPSA) is 27.6 Å². The van der Waals surface area contributed by atoms with Crippen molar-refractivity contribution in [3.63, 3.8) is 0 Å². The van der Waals surface area contributed by atoms with Crippen molar-refractivity contribution in [3.8, 4) is 0 Å². The van der Waals surface area contributed by atoms with Crippen molar-refractivity contribution in [1.29, 1.82) is 0 Å². The van der Waals surface area contributed by atoms with Gasteiger partial charge in [0.2, 0.25) is 0 Å². The molecule has 3 N–H and O–H groups in total. The van der Waals surface area contributed by atoms with Gasteiger partial charge in [-0.3, -0.25) is 0 Å². The van der Waals surface area contributed by atoms with Crippen LogP contribution >= 0.6 is 7.81 Å². The Kier molecular flexibility index (Phi) is 9.74. The maximum absolute atomic E-state index is 10.7. The first kappa shape index (κ1) is 24.7. The summed E-state index contributed by atoms with van der Waals surface area (Å²) in [5.74, 6) is 0. The van der Waals surface area contributed by atoms with E-state index in [1.807, 2.05) is 12.2 Å². The van der Waals surface area contributed by atoms with Crippen LogP contribution in [0.15, 0.2) is 25.3 Å². The second-order valence-electron chi connectivity index (χ2n) is 5.96. The van der Waals surface area contributed by atoms with Gasteiger partial charge in [-0.25, -0.2) is 0 Å². The Morgan fingerprint density at radius 3 is 1.52 bits per heavy atom. The third-order valence-electron chi connectivity index (χ3n) is 3.22. The zero-order chi connectivity index (χ0) is 18.7. The number of rotatable bonds is 11. The monoisotopic (exact) mass is 369 g/mol. The molecule has 0 amide bonds. The molecule has 1 nitrogen and oxygen atoms in total. The Balaban J connectivity index is 0. The molecule has 0 aliphatic carbocycles. The molecule has 0 fully saturated rings. The molecule has 0 spiro atoms. The van der Waals surface area contributed by atoms with Gasteiger partial charge in [0, 0.05) is 19.3 Å². The quantitative estimate of drug-likeness (QED) is 0.172. The van der Waals surface area contributed by atoms with Gasteiger partial charge < -0.3 is 5.73 Å². The zero-order valence-electron chi connectivity index (χ0n) is 13.9. The Labute approximate surface area is 135 Å². The van der Waals surface area contributed by atoms with Gasteiger partial charge in [0.15, 0.2) is 0 Å². The average Bonchev–Trinajstić information content (AvgIpc) is 2.30. The van der Waals surface area contributed by atoms with E-state index in [-0.39, 0.29) is 5.54 Å². The zero-order valence-corrected chi connectivity index (χ0v) is 14.7. The van der Waals surface area contributed by atoms with Crippen LogP contribution < -0.4 is 5.73 Å². The summed E-state index contributed by atoms with van der Waals surface area (Å²) < 4.78 is 59.2. The molecule has 0 bridgehead atoms. The molecule has 0 radical (unpaired) electrons. The molecule has 0 aromatic carbocycles. The molecule has 0 aliphatic heterocycles. The second kappa shape index (κ2) is 9.07. The van der Waals surface area contributed by atoms with Crippen LogP contribution in [-0.4, -0.2) is 5.54 Å². The molecule has 0 saturated heterocycles. The summed E-state index contributed by atoms with van der Waals surface area (Å²) in [6.45, 7) is 9.90. The minimum absolute atomic E-state index is 0.161. The predicted octanol–water partition coefficient (Wildman–Crippen LogP) is 7.25. The van der Waals surface area contributed by atoms with Crippen molar-refractivity contribution >= 4 is 7.81 Å². The van der Waals surface area contributed by atoms with Gasteiger partial charge in [-0.2, -0.15) is 0 Å². The van der Waals surface area contributed by atoms with Crippen LogP contribution in [0.4, 0.5) is 25.2 Å². The molecule has 0 atom stereocenters. The SMILES string of the molecule is C=CCC([NH3+])(CC=C)CCCCCCCC.F[P-](F)(F)(F)(F)F. The summed E-state index contributed by atoms with van der Waals surface area (Å²) in [5.41, 5.74) is 4.50. The Bertz CT molecular complexity index is 328. The van der Waals surface area contributed by atoms with Crippen LogP contribution in [0.5, 0.6) is 0 Å². The van der Waals surface area contributed by atoms with Crippen molar-refractivity contribution in [3.05, 3.63) is 25.3 Å². The number of quaternary nitrogens is 1. The molecule has 0 heterocycles. The van der Waals surface area contributed by atoms with Crippen molar-refractivity contribution in [2.45, 2.75) is 70.3 Å². The van der Waals surface area contributed by atoms with Gasteiger partial charge in [0.05, 0.1) is 0 Å². The molecule has 8 heteroatoms. The van der Waals surface area contributed by atoms with Gasteiger partial charge in [0.1, 0.15) is 5.54 Å². The molecule has 142 valence electrons. The van der Waals surface area contributed by atoms with Crippen molar-refractivity contribution in [2.75, 3.05) is 0 Å². The van der Waals surface area contributed by atoms with E-state index in [0.29, 0.717) is 0 Å². The molecule has 0 unspecified atom stereocenters. The Morgan fingerprint density at radius 2 is 1.17 bits per heavy atom. The molecule has 0 aromatic rings. The summed E-state index contributed by atoms with van der Waals surface area (Å²) in [6.07, 6.45) is 15.3. The van der Waals surface area contributed by atoms with Gasteiger partial charge in [0.25, 0.3) is 0 Å². The summed E-state index contributed by atoms with van der Waals surface area (Å²) in [6, 6.07) is 0. The van der Waals surface area contributed by atoms with E-state index in [2.05, 4.69) is 25.8 Å². The minimum atomic E-state index is -10.7. The van der Waals surface area contributed by atoms with Gasteiger partial charge in [-0.1, -0.05) is 51.2 Å². The standard InChI is InChI=1S/C15H29N.F6P/c1-4-7-8-9-10-11-14-15(16,12-5-2)13-6-3;1-7(2,3,4,5)6/h5-6H,2-4,7-14,16H2,1H3;/q;-1/p+1. The van der Waals surface area contributed by atoms with Crippen LogP contribution in [-0.2, 0) is 0 Å². The van der Waals surface area contributed by atoms with Crippen molar-refractivity contribution < 1.29 is 30.9 Å².